The van der Waals surface area contributed by atoms with Gasteiger partial charge in [0.15, 0.2) is 0 Å². The molecule has 2 fully saturated rings. The zero-order valence-corrected chi connectivity index (χ0v) is 7.93. The summed E-state index contributed by atoms with van der Waals surface area (Å²) in [7, 11) is -3.89. The van der Waals surface area contributed by atoms with Crippen molar-refractivity contribution in [1.29, 1.82) is 0 Å². The minimum absolute atomic E-state index is 0.0890. The standard InChI is InChI=1S/C7H13NO3S/c1-7(2)4-3-8-6(5(4)7)12(9,10)11/h4-6,8H,3H2,1-2H3,(H,9,10,11)/t4-,5+,6?/m0/s1. The molecule has 2 N–H and O–H groups in total. The summed E-state index contributed by atoms with van der Waals surface area (Å²) in [6.07, 6.45) is 0. The van der Waals surface area contributed by atoms with Crippen LogP contribution in [0.15, 0.2) is 0 Å². The molecule has 1 saturated heterocycles. The molecule has 0 spiro atoms. The predicted octanol–water partition coefficient (Wildman–Crippen LogP) is 0.0757. The highest BCUT2D eigenvalue weighted by atomic mass is 32.2. The Labute approximate surface area is 72.1 Å². The molecule has 5 heteroatoms. The van der Waals surface area contributed by atoms with E-state index in [0.717, 1.165) is 0 Å². The molecule has 1 unspecified atom stereocenters. The SMILES string of the molecule is CC1(C)[C@H]2CNC(S(=O)(=O)O)[C@@H]21. The fraction of sp³-hybridized carbons (Fsp3) is 1.00. The zero-order valence-electron chi connectivity index (χ0n) is 7.11. The van der Waals surface area contributed by atoms with E-state index in [2.05, 4.69) is 5.32 Å². The average molecular weight is 191 g/mol. The van der Waals surface area contributed by atoms with Crippen molar-refractivity contribution < 1.29 is 13.0 Å². The van der Waals surface area contributed by atoms with Crippen LogP contribution in [0.5, 0.6) is 0 Å². The van der Waals surface area contributed by atoms with Crippen LogP contribution in [0.25, 0.3) is 0 Å². The Morgan fingerprint density at radius 2 is 2.08 bits per heavy atom. The molecule has 12 heavy (non-hydrogen) atoms. The molecule has 0 aromatic heterocycles. The second-order valence-corrected chi connectivity index (χ2v) is 5.84. The zero-order chi connectivity index (χ0) is 9.15. The maximum atomic E-state index is 10.9. The van der Waals surface area contributed by atoms with Crippen LogP contribution in [0.4, 0.5) is 0 Å². The average Bonchev–Trinajstić information content (AvgIpc) is 2.34. The fourth-order valence-corrected chi connectivity index (χ4v) is 3.66. The molecule has 0 radical (unpaired) electrons. The van der Waals surface area contributed by atoms with E-state index in [-0.39, 0.29) is 11.3 Å². The molecular formula is C7H13NO3S. The maximum Gasteiger partial charge on any atom is 0.281 e. The number of piperidine rings is 1. The highest BCUT2D eigenvalue weighted by Crippen LogP contribution is 2.62. The first-order valence-electron chi connectivity index (χ1n) is 4.05. The minimum atomic E-state index is -3.89. The van der Waals surface area contributed by atoms with E-state index >= 15 is 0 Å². The van der Waals surface area contributed by atoms with E-state index < -0.39 is 15.5 Å². The van der Waals surface area contributed by atoms with Crippen molar-refractivity contribution in [1.82, 2.24) is 5.32 Å². The Morgan fingerprint density at radius 3 is 2.33 bits per heavy atom. The second kappa shape index (κ2) is 2.02. The van der Waals surface area contributed by atoms with Gasteiger partial charge >= 0.3 is 0 Å². The van der Waals surface area contributed by atoms with E-state index in [1.807, 2.05) is 13.8 Å². The van der Waals surface area contributed by atoms with Crippen LogP contribution >= 0.6 is 0 Å². The van der Waals surface area contributed by atoms with E-state index in [4.69, 9.17) is 4.55 Å². The van der Waals surface area contributed by atoms with Gasteiger partial charge in [-0.15, -0.1) is 0 Å². The molecule has 3 atom stereocenters. The Kier molecular flexibility index (Phi) is 1.43. The van der Waals surface area contributed by atoms with Gasteiger partial charge in [-0.05, 0) is 11.3 Å². The van der Waals surface area contributed by atoms with Gasteiger partial charge in [0.2, 0.25) is 0 Å². The van der Waals surface area contributed by atoms with Gasteiger partial charge in [0.05, 0.1) is 0 Å². The summed E-state index contributed by atoms with van der Waals surface area (Å²) in [6, 6.07) is 0. The van der Waals surface area contributed by atoms with Crippen LogP contribution < -0.4 is 5.32 Å². The molecule has 0 aromatic carbocycles. The Hall–Kier alpha value is -0.130. The lowest BCUT2D eigenvalue weighted by molar-refractivity contribution is 0.408. The Balaban J connectivity index is 2.24. The number of nitrogens with one attached hydrogen (secondary N) is 1. The molecule has 0 amide bonds. The third kappa shape index (κ3) is 0.932. The van der Waals surface area contributed by atoms with Gasteiger partial charge in [-0.3, -0.25) is 9.87 Å². The Morgan fingerprint density at radius 1 is 1.50 bits per heavy atom. The lowest BCUT2D eigenvalue weighted by Gasteiger charge is -2.15. The molecule has 70 valence electrons. The molecule has 2 aliphatic rings. The highest BCUT2D eigenvalue weighted by Gasteiger charge is 2.67. The van der Waals surface area contributed by atoms with Crippen molar-refractivity contribution in [2.75, 3.05) is 6.54 Å². The van der Waals surface area contributed by atoms with Crippen LogP contribution in [-0.4, -0.2) is 24.9 Å². The molecular weight excluding hydrogens is 178 g/mol. The van der Waals surface area contributed by atoms with E-state index in [1.54, 1.807) is 0 Å². The number of hydrogen-bond donors (Lipinski definition) is 2. The van der Waals surface area contributed by atoms with E-state index in [0.29, 0.717) is 12.5 Å². The van der Waals surface area contributed by atoms with Gasteiger partial charge in [-0.25, -0.2) is 0 Å². The summed E-state index contributed by atoms with van der Waals surface area (Å²) in [5, 5.41) is 2.09. The normalized spacial score (nSPS) is 44.1. The van der Waals surface area contributed by atoms with Crippen LogP contribution in [0, 0.1) is 17.3 Å². The summed E-state index contributed by atoms with van der Waals surface area (Å²) in [6.45, 7) is 4.80. The van der Waals surface area contributed by atoms with Crippen molar-refractivity contribution in [3.63, 3.8) is 0 Å². The molecule has 4 nitrogen and oxygen atoms in total. The largest absolute Gasteiger partial charge is 0.299 e. The van der Waals surface area contributed by atoms with Gasteiger partial charge in [0.1, 0.15) is 5.37 Å². The van der Waals surface area contributed by atoms with Gasteiger partial charge in [-0.1, -0.05) is 13.8 Å². The van der Waals surface area contributed by atoms with Crippen LogP contribution in [0.1, 0.15) is 13.8 Å². The molecule has 1 saturated carbocycles. The summed E-state index contributed by atoms with van der Waals surface area (Å²) in [5.41, 5.74) is 0.0890. The van der Waals surface area contributed by atoms with Crippen molar-refractivity contribution >= 4 is 10.1 Å². The number of rotatable bonds is 1. The summed E-state index contributed by atoms with van der Waals surface area (Å²) < 4.78 is 30.6. The Bertz CT molecular complexity index is 309. The smallest absolute Gasteiger partial charge is 0.281 e. The molecule has 1 aliphatic carbocycles. The van der Waals surface area contributed by atoms with E-state index in [9.17, 15) is 8.42 Å². The summed E-state index contributed by atoms with van der Waals surface area (Å²) >= 11 is 0. The fourth-order valence-electron chi connectivity index (χ4n) is 2.44. The first-order chi connectivity index (χ1) is 5.35. The molecule has 2 rings (SSSR count). The first kappa shape index (κ1) is 8.47. The van der Waals surface area contributed by atoms with Gasteiger partial charge in [-0.2, -0.15) is 8.42 Å². The molecule has 0 aromatic rings. The van der Waals surface area contributed by atoms with Gasteiger partial charge in [0, 0.05) is 12.5 Å². The minimum Gasteiger partial charge on any atom is -0.299 e. The third-order valence-corrected chi connectivity index (χ3v) is 4.43. The highest BCUT2D eigenvalue weighted by molar-refractivity contribution is 7.86. The van der Waals surface area contributed by atoms with Crippen LogP contribution in [-0.2, 0) is 10.1 Å². The van der Waals surface area contributed by atoms with Crippen molar-refractivity contribution in [3.8, 4) is 0 Å². The second-order valence-electron chi connectivity index (χ2n) is 4.30. The third-order valence-electron chi connectivity index (χ3n) is 3.33. The molecule has 0 bridgehead atoms. The monoisotopic (exact) mass is 191 g/mol. The van der Waals surface area contributed by atoms with Gasteiger partial charge in [0.25, 0.3) is 10.1 Å². The quantitative estimate of drug-likeness (QED) is 0.576. The van der Waals surface area contributed by atoms with Crippen LogP contribution in [0.3, 0.4) is 0 Å². The number of fused-ring (bicyclic) bond motifs is 1. The summed E-state index contributed by atoms with van der Waals surface area (Å²) in [4.78, 5) is 0. The molecule has 1 aliphatic heterocycles. The van der Waals surface area contributed by atoms with Crippen molar-refractivity contribution in [2.24, 2.45) is 17.3 Å². The number of hydrogen-bond acceptors (Lipinski definition) is 3. The van der Waals surface area contributed by atoms with Crippen molar-refractivity contribution in [3.05, 3.63) is 0 Å². The topological polar surface area (TPSA) is 66.4 Å². The first-order valence-corrected chi connectivity index (χ1v) is 5.55. The maximum absolute atomic E-state index is 10.9. The lowest BCUT2D eigenvalue weighted by atomic mass is 10.1. The van der Waals surface area contributed by atoms with Gasteiger partial charge < -0.3 is 0 Å². The predicted molar refractivity (Wildman–Crippen MR) is 44.1 cm³/mol. The molecule has 1 heterocycles. The van der Waals surface area contributed by atoms with Crippen LogP contribution in [0.2, 0.25) is 0 Å². The lowest BCUT2D eigenvalue weighted by Crippen LogP contribution is -2.37. The van der Waals surface area contributed by atoms with E-state index in [1.165, 1.54) is 0 Å². The summed E-state index contributed by atoms with van der Waals surface area (Å²) in [5.74, 6) is 0.525. The van der Waals surface area contributed by atoms with Crippen molar-refractivity contribution in [2.45, 2.75) is 19.2 Å².